The second-order valence-corrected chi connectivity index (χ2v) is 11.1. The number of nitrogens with one attached hydrogen (secondary N) is 2. The van der Waals surface area contributed by atoms with Gasteiger partial charge in [-0.1, -0.05) is 23.2 Å². The maximum absolute atomic E-state index is 13.7. The van der Waals surface area contributed by atoms with Crippen molar-refractivity contribution < 1.29 is 31.5 Å². The van der Waals surface area contributed by atoms with Gasteiger partial charge in [0.15, 0.2) is 11.5 Å². The van der Waals surface area contributed by atoms with Crippen LogP contribution < -0.4 is 10.6 Å². The van der Waals surface area contributed by atoms with Crippen LogP contribution in [0.15, 0.2) is 42.7 Å². The summed E-state index contributed by atoms with van der Waals surface area (Å²) in [6, 6.07) is 7.17. The molecule has 5 rings (SSSR count). The molecule has 1 aliphatic rings. The summed E-state index contributed by atoms with van der Waals surface area (Å²) < 4.78 is 67.0. The van der Waals surface area contributed by atoms with Crippen LogP contribution >= 0.6 is 23.2 Å². The summed E-state index contributed by atoms with van der Waals surface area (Å²) in [4.78, 5) is 31.6. The number of anilines is 1. The zero-order chi connectivity index (χ0) is 32.0. The average Bonchev–Trinajstić information content (AvgIpc) is 3.55. The van der Waals surface area contributed by atoms with Crippen molar-refractivity contribution in [3.8, 4) is 5.82 Å². The van der Waals surface area contributed by atoms with Crippen molar-refractivity contribution in [2.24, 2.45) is 5.92 Å². The molecular weight excluding hydrogens is 634 g/mol. The number of aryl methyl sites for hydroxylation is 1. The Morgan fingerprint density at radius 2 is 1.82 bits per heavy atom. The number of carbonyl (C=O) groups is 2. The Bertz CT molecular complexity index is 1740. The molecule has 4 aromatic rings. The fraction of sp³-hybridized carbons (Fsp3) is 0.333. The third-order valence-electron chi connectivity index (χ3n) is 6.92. The fourth-order valence-electron chi connectivity index (χ4n) is 4.44. The molecule has 3 heterocycles. The lowest BCUT2D eigenvalue weighted by Crippen LogP contribution is -2.34. The first-order valence-electron chi connectivity index (χ1n) is 13.1. The van der Waals surface area contributed by atoms with Gasteiger partial charge in [0.1, 0.15) is 12.2 Å². The van der Waals surface area contributed by atoms with Crippen molar-refractivity contribution in [3.05, 3.63) is 81.0 Å². The molecule has 44 heavy (non-hydrogen) atoms. The average molecular weight is 657 g/mol. The van der Waals surface area contributed by atoms with Crippen molar-refractivity contribution in [3.63, 3.8) is 0 Å². The van der Waals surface area contributed by atoms with Crippen LogP contribution in [0, 0.1) is 12.8 Å². The molecule has 0 bridgehead atoms. The lowest BCUT2D eigenvalue weighted by Gasteiger charge is -2.18. The molecule has 1 saturated carbocycles. The number of benzene rings is 1. The third-order valence-corrected chi connectivity index (χ3v) is 7.43. The van der Waals surface area contributed by atoms with Crippen molar-refractivity contribution in [2.45, 2.75) is 51.4 Å². The predicted octanol–water partition coefficient (Wildman–Crippen LogP) is 5.96. The smallest absolute Gasteiger partial charge is 0.349 e. The summed E-state index contributed by atoms with van der Waals surface area (Å²) in [5, 5.41) is 17.1. The van der Waals surface area contributed by atoms with Gasteiger partial charge in [0.05, 0.1) is 28.2 Å². The first-order valence-corrected chi connectivity index (χ1v) is 13.9. The van der Waals surface area contributed by atoms with E-state index >= 15 is 0 Å². The highest BCUT2D eigenvalue weighted by Crippen LogP contribution is 2.42. The van der Waals surface area contributed by atoms with E-state index in [0.717, 1.165) is 17.5 Å². The van der Waals surface area contributed by atoms with Crippen LogP contribution in [-0.2, 0) is 12.5 Å². The van der Waals surface area contributed by atoms with Crippen molar-refractivity contribution >= 4 is 40.7 Å². The zero-order valence-electron chi connectivity index (χ0n) is 23.0. The predicted molar refractivity (Wildman–Crippen MR) is 149 cm³/mol. The normalized spacial score (nSPS) is 14.4. The van der Waals surface area contributed by atoms with Gasteiger partial charge in [-0.05, 0) is 68.5 Å². The van der Waals surface area contributed by atoms with Crippen LogP contribution in [0.4, 0.5) is 27.6 Å². The number of pyridine rings is 1. The number of carbonyl (C=O) groups excluding carboxylic acids is 2. The fourth-order valence-corrected chi connectivity index (χ4v) is 4.91. The minimum atomic E-state index is -5.87. The van der Waals surface area contributed by atoms with Crippen LogP contribution in [0.5, 0.6) is 0 Å². The highest BCUT2D eigenvalue weighted by atomic mass is 35.5. The van der Waals surface area contributed by atoms with Gasteiger partial charge in [-0.15, -0.1) is 0 Å². The number of hydrogen-bond donors (Lipinski definition) is 2. The number of alkyl halides is 5. The maximum atomic E-state index is 13.7. The second-order valence-electron chi connectivity index (χ2n) is 10.3. The minimum Gasteiger partial charge on any atom is -0.349 e. The van der Waals surface area contributed by atoms with E-state index in [1.54, 1.807) is 13.0 Å². The van der Waals surface area contributed by atoms with E-state index < -0.39 is 36.2 Å². The Morgan fingerprint density at radius 1 is 1.09 bits per heavy atom. The van der Waals surface area contributed by atoms with E-state index in [-0.39, 0.29) is 44.5 Å². The van der Waals surface area contributed by atoms with Gasteiger partial charge in [-0.25, -0.2) is 9.67 Å². The molecule has 3 aromatic heterocycles. The molecule has 2 amide bonds. The minimum absolute atomic E-state index is 0.00148. The van der Waals surface area contributed by atoms with Gasteiger partial charge >= 0.3 is 12.1 Å². The Hall–Kier alpha value is -4.11. The molecule has 17 heteroatoms. The molecule has 0 spiro atoms. The standard InChI is InChI=1S/C27H23Cl2F5N8O2/c1-13-8-16(28)9-18(24(43)37-14(2)15-5-6-15)22(13)38-25(44)20-10-17(39-42(20)23-19(29)4-3-7-35-23)12-41-36-11-21(40-41)26(30,31)27(32,33)34/h3-4,7-11,14-15H,5-6,12H2,1-2H3,(H,37,43)(H,38,44). The number of rotatable bonds is 9. The summed E-state index contributed by atoms with van der Waals surface area (Å²) in [6.45, 7) is 3.06. The van der Waals surface area contributed by atoms with Gasteiger partial charge in [-0.2, -0.15) is 42.0 Å². The topological polar surface area (TPSA) is 120 Å². The number of aromatic nitrogens is 6. The van der Waals surface area contributed by atoms with Crippen LogP contribution in [0.2, 0.25) is 10.0 Å². The first-order chi connectivity index (χ1) is 20.7. The van der Waals surface area contributed by atoms with Gasteiger partial charge in [0.2, 0.25) is 0 Å². The Morgan fingerprint density at radius 3 is 2.48 bits per heavy atom. The molecule has 10 nitrogen and oxygen atoms in total. The Balaban J connectivity index is 1.49. The van der Waals surface area contributed by atoms with Crippen molar-refractivity contribution in [1.82, 2.24) is 35.1 Å². The summed E-state index contributed by atoms with van der Waals surface area (Å²) in [7, 11) is 0. The summed E-state index contributed by atoms with van der Waals surface area (Å²) in [6.07, 6.45) is -2.18. The second kappa shape index (κ2) is 11.8. The summed E-state index contributed by atoms with van der Waals surface area (Å²) >= 11 is 12.5. The van der Waals surface area contributed by atoms with Crippen molar-refractivity contribution in [2.75, 3.05) is 5.32 Å². The highest BCUT2D eigenvalue weighted by Gasteiger charge is 2.60. The monoisotopic (exact) mass is 656 g/mol. The SMILES string of the molecule is Cc1cc(Cl)cc(C(=O)NC(C)C2CC2)c1NC(=O)c1cc(Cn2ncc(C(F)(F)C(F)(F)F)n2)nn1-c1ncccc1Cl. The Kier molecular flexibility index (Phi) is 8.37. The van der Waals surface area contributed by atoms with Gasteiger partial charge in [-0.3, -0.25) is 9.59 Å². The lowest BCUT2D eigenvalue weighted by atomic mass is 10.1. The number of nitrogens with zero attached hydrogens (tertiary/aromatic N) is 6. The molecule has 0 radical (unpaired) electrons. The number of hydrogen-bond acceptors (Lipinski definition) is 6. The maximum Gasteiger partial charge on any atom is 0.459 e. The number of amides is 2. The lowest BCUT2D eigenvalue weighted by molar-refractivity contribution is -0.291. The van der Waals surface area contributed by atoms with Crippen LogP contribution in [-0.4, -0.2) is 53.8 Å². The van der Waals surface area contributed by atoms with E-state index in [9.17, 15) is 31.5 Å². The highest BCUT2D eigenvalue weighted by molar-refractivity contribution is 6.32. The molecule has 1 atom stereocenters. The largest absolute Gasteiger partial charge is 0.459 e. The van der Waals surface area contributed by atoms with Crippen LogP contribution in [0.1, 0.15) is 57.6 Å². The summed E-state index contributed by atoms with van der Waals surface area (Å²) in [5.74, 6) is -6.05. The first kappa shape index (κ1) is 31.3. The summed E-state index contributed by atoms with van der Waals surface area (Å²) in [5.41, 5.74) is -0.976. The van der Waals surface area contributed by atoms with Crippen molar-refractivity contribution in [1.29, 1.82) is 0 Å². The molecule has 1 aromatic carbocycles. The zero-order valence-corrected chi connectivity index (χ0v) is 24.5. The van der Waals surface area contributed by atoms with Crippen LogP contribution in [0.3, 0.4) is 0 Å². The van der Waals surface area contributed by atoms with Crippen LogP contribution in [0.25, 0.3) is 5.82 Å². The molecular formula is C27H23Cl2F5N8O2. The van der Waals surface area contributed by atoms with Gasteiger partial charge in [0, 0.05) is 17.3 Å². The molecule has 0 saturated heterocycles. The molecule has 0 aliphatic heterocycles. The number of halogens is 7. The van der Waals surface area contributed by atoms with E-state index in [1.807, 2.05) is 6.92 Å². The van der Waals surface area contributed by atoms with E-state index in [1.165, 1.54) is 30.5 Å². The van der Waals surface area contributed by atoms with Gasteiger partial charge in [0.25, 0.3) is 11.8 Å². The van der Waals surface area contributed by atoms with E-state index in [4.69, 9.17) is 23.2 Å². The van der Waals surface area contributed by atoms with Gasteiger partial charge < -0.3 is 10.6 Å². The molecule has 1 aliphatic carbocycles. The molecule has 2 N–H and O–H groups in total. The van der Waals surface area contributed by atoms with E-state index in [0.29, 0.717) is 22.5 Å². The molecule has 1 unspecified atom stereocenters. The molecule has 232 valence electrons. The quantitative estimate of drug-likeness (QED) is 0.215. The third kappa shape index (κ3) is 6.38. The molecule has 1 fully saturated rings. The van der Waals surface area contributed by atoms with E-state index in [2.05, 4.69) is 30.9 Å². The Labute approximate surface area is 256 Å².